The second-order valence-electron chi connectivity index (χ2n) is 6.45. The molecule has 0 atom stereocenters. The summed E-state index contributed by atoms with van der Waals surface area (Å²) in [5, 5.41) is 5.15. The Kier molecular flexibility index (Phi) is 4.17. The van der Waals surface area contributed by atoms with Crippen LogP contribution < -0.4 is 4.74 Å². The molecule has 130 valence electrons. The number of rotatable bonds is 4. The lowest BCUT2D eigenvalue weighted by Gasteiger charge is -2.31. The van der Waals surface area contributed by atoms with Crippen LogP contribution in [0.5, 0.6) is 5.75 Å². The quantitative estimate of drug-likeness (QED) is 0.732. The number of furan rings is 1. The zero-order valence-corrected chi connectivity index (χ0v) is 14.2. The Labute approximate surface area is 146 Å². The monoisotopic (exact) mass is 339 g/mol. The van der Waals surface area contributed by atoms with Crippen molar-refractivity contribution in [3.05, 3.63) is 48.5 Å². The molecule has 25 heavy (non-hydrogen) atoms. The van der Waals surface area contributed by atoms with E-state index in [-0.39, 0.29) is 5.91 Å². The van der Waals surface area contributed by atoms with E-state index in [1.54, 1.807) is 19.4 Å². The number of piperidine rings is 1. The maximum Gasteiger partial charge on any atom is 0.289 e. The van der Waals surface area contributed by atoms with Gasteiger partial charge in [-0.05, 0) is 37.0 Å². The Morgan fingerprint density at radius 2 is 2.16 bits per heavy atom. The van der Waals surface area contributed by atoms with Gasteiger partial charge >= 0.3 is 0 Å². The lowest BCUT2D eigenvalue weighted by molar-refractivity contribution is 0.0651. The van der Waals surface area contributed by atoms with Crippen LogP contribution in [0.2, 0.25) is 0 Å². The van der Waals surface area contributed by atoms with Gasteiger partial charge in [-0.15, -0.1) is 0 Å². The van der Waals surface area contributed by atoms with E-state index in [0.29, 0.717) is 23.0 Å². The third kappa shape index (κ3) is 3.12. The molecule has 0 unspecified atom stereocenters. The summed E-state index contributed by atoms with van der Waals surface area (Å²) in [5.74, 6) is 1.54. The molecular weight excluding hydrogens is 318 g/mol. The molecule has 6 nitrogen and oxygen atoms in total. The number of likely N-dealkylation sites (tertiary alicyclic amines) is 1. The van der Waals surface area contributed by atoms with Gasteiger partial charge in [0, 0.05) is 37.4 Å². The van der Waals surface area contributed by atoms with Crippen molar-refractivity contribution < 1.29 is 13.9 Å². The Bertz CT molecular complexity index is 861. The van der Waals surface area contributed by atoms with E-state index in [0.717, 1.165) is 37.9 Å². The van der Waals surface area contributed by atoms with E-state index < -0.39 is 0 Å². The fourth-order valence-corrected chi connectivity index (χ4v) is 3.45. The number of amides is 1. The molecule has 0 N–H and O–H groups in total. The summed E-state index contributed by atoms with van der Waals surface area (Å²) in [5.41, 5.74) is 0.627. The van der Waals surface area contributed by atoms with Gasteiger partial charge in [0.2, 0.25) is 0 Å². The molecule has 3 heterocycles. The van der Waals surface area contributed by atoms with E-state index in [4.69, 9.17) is 9.15 Å². The first-order valence-electron chi connectivity index (χ1n) is 8.58. The van der Waals surface area contributed by atoms with Crippen LogP contribution in [0, 0.1) is 5.92 Å². The number of fused-ring (bicyclic) bond motifs is 1. The fourth-order valence-electron chi connectivity index (χ4n) is 3.45. The molecule has 1 saturated heterocycles. The van der Waals surface area contributed by atoms with Crippen LogP contribution in [0.1, 0.15) is 23.4 Å². The molecule has 1 amide bonds. The van der Waals surface area contributed by atoms with E-state index >= 15 is 0 Å². The van der Waals surface area contributed by atoms with Crippen molar-refractivity contribution in [1.29, 1.82) is 0 Å². The highest BCUT2D eigenvalue weighted by molar-refractivity contribution is 5.97. The third-order valence-electron chi connectivity index (χ3n) is 4.84. The minimum atomic E-state index is -0.0456. The van der Waals surface area contributed by atoms with Gasteiger partial charge in [0.1, 0.15) is 0 Å². The fraction of sp³-hybridized carbons (Fsp3) is 0.368. The minimum Gasteiger partial charge on any atom is -0.493 e. The van der Waals surface area contributed by atoms with E-state index in [9.17, 15) is 4.79 Å². The zero-order valence-electron chi connectivity index (χ0n) is 14.2. The first kappa shape index (κ1) is 15.7. The molecule has 1 aliphatic rings. The summed E-state index contributed by atoms with van der Waals surface area (Å²) >= 11 is 0. The number of benzene rings is 1. The summed E-state index contributed by atoms with van der Waals surface area (Å²) in [4.78, 5) is 14.6. The zero-order chi connectivity index (χ0) is 17.2. The third-order valence-corrected chi connectivity index (χ3v) is 4.84. The van der Waals surface area contributed by atoms with E-state index in [1.165, 1.54) is 0 Å². The minimum absolute atomic E-state index is 0.0456. The van der Waals surface area contributed by atoms with Gasteiger partial charge in [0.05, 0.1) is 7.11 Å². The summed E-state index contributed by atoms with van der Waals surface area (Å²) in [6.45, 7) is 2.41. The highest BCUT2D eigenvalue weighted by Gasteiger charge is 2.26. The van der Waals surface area contributed by atoms with Gasteiger partial charge in [-0.1, -0.05) is 12.1 Å². The van der Waals surface area contributed by atoms with Gasteiger partial charge in [0.25, 0.3) is 5.91 Å². The molecule has 0 radical (unpaired) electrons. The van der Waals surface area contributed by atoms with Crippen LogP contribution >= 0.6 is 0 Å². The number of carbonyl (C=O) groups excluding carboxylic acids is 1. The summed E-state index contributed by atoms with van der Waals surface area (Å²) in [6, 6.07) is 9.39. The average molecular weight is 339 g/mol. The lowest BCUT2D eigenvalue weighted by atomic mass is 9.96. The van der Waals surface area contributed by atoms with Crippen LogP contribution in [-0.4, -0.2) is 40.8 Å². The molecule has 2 aromatic heterocycles. The normalized spacial score (nSPS) is 15.6. The Morgan fingerprint density at radius 3 is 2.88 bits per heavy atom. The maximum atomic E-state index is 12.8. The molecule has 3 aromatic rings. The maximum absolute atomic E-state index is 12.8. The van der Waals surface area contributed by atoms with Crippen molar-refractivity contribution >= 4 is 16.9 Å². The second kappa shape index (κ2) is 6.63. The Hall–Kier alpha value is -2.76. The molecule has 0 spiro atoms. The summed E-state index contributed by atoms with van der Waals surface area (Å²) in [6.07, 6.45) is 5.75. The SMILES string of the molecule is COc1cccc2cc(C(=O)N3CCC(Cn4cccn4)CC3)oc12. The van der Waals surface area contributed by atoms with Gasteiger partial charge in [-0.25, -0.2) is 0 Å². The topological polar surface area (TPSA) is 60.5 Å². The molecule has 1 aliphatic heterocycles. The standard InChI is InChI=1S/C19H21N3O3/c1-24-16-5-2-4-15-12-17(25-18(15)16)19(23)21-10-6-14(7-11-21)13-22-9-3-8-20-22/h2-5,8-9,12,14H,6-7,10-11,13H2,1H3. The van der Waals surface area contributed by atoms with E-state index in [1.807, 2.05) is 40.0 Å². The van der Waals surface area contributed by atoms with Gasteiger partial charge in [0.15, 0.2) is 17.1 Å². The highest BCUT2D eigenvalue weighted by Crippen LogP contribution is 2.29. The van der Waals surface area contributed by atoms with Crippen LogP contribution in [0.15, 0.2) is 47.1 Å². The van der Waals surface area contributed by atoms with Crippen LogP contribution in [0.25, 0.3) is 11.0 Å². The molecule has 1 aromatic carbocycles. The Morgan fingerprint density at radius 1 is 1.32 bits per heavy atom. The molecular formula is C19H21N3O3. The van der Waals surface area contributed by atoms with Gasteiger partial charge in [-0.3, -0.25) is 9.48 Å². The van der Waals surface area contributed by atoms with Crippen molar-refractivity contribution in [2.45, 2.75) is 19.4 Å². The lowest BCUT2D eigenvalue weighted by Crippen LogP contribution is -2.39. The van der Waals surface area contributed by atoms with Crippen LogP contribution in [0.3, 0.4) is 0 Å². The van der Waals surface area contributed by atoms with Crippen molar-refractivity contribution in [2.24, 2.45) is 5.92 Å². The number of ether oxygens (including phenoxy) is 1. The molecule has 6 heteroatoms. The van der Waals surface area contributed by atoms with Crippen molar-refractivity contribution in [3.63, 3.8) is 0 Å². The van der Waals surface area contributed by atoms with Crippen molar-refractivity contribution in [2.75, 3.05) is 20.2 Å². The second-order valence-corrected chi connectivity index (χ2v) is 6.45. The van der Waals surface area contributed by atoms with Crippen molar-refractivity contribution in [3.8, 4) is 5.75 Å². The van der Waals surface area contributed by atoms with E-state index in [2.05, 4.69) is 5.10 Å². The smallest absolute Gasteiger partial charge is 0.289 e. The average Bonchev–Trinajstić information content (AvgIpc) is 3.30. The van der Waals surface area contributed by atoms with Crippen LogP contribution in [-0.2, 0) is 6.54 Å². The molecule has 4 rings (SSSR count). The largest absolute Gasteiger partial charge is 0.493 e. The number of aromatic nitrogens is 2. The van der Waals surface area contributed by atoms with Crippen molar-refractivity contribution in [1.82, 2.24) is 14.7 Å². The number of hydrogen-bond donors (Lipinski definition) is 0. The number of methoxy groups -OCH3 is 1. The van der Waals surface area contributed by atoms with Crippen LogP contribution in [0.4, 0.5) is 0 Å². The molecule has 1 fully saturated rings. The van der Waals surface area contributed by atoms with Gasteiger partial charge < -0.3 is 14.1 Å². The number of carbonyl (C=O) groups is 1. The summed E-state index contributed by atoms with van der Waals surface area (Å²) < 4.78 is 13.1. The number of para-hydroxylation sites is 1. The first-order chi connectivity index (χ1) is 12.2. The number of nitrogens with zero attached hydrogens (tertiary/aromatic N) is 3. The molecule has 0 aliphatic carbocycles. The molecule has 0 bridgehead atoms. The first-order valence-corrected chi connectivity index (χ1v) is 8.58. The van der Waals surface area contributed by atoms with Gasteiger partial charge in [-0.2, -0.15) is 5.10 Å². The molecule has 0 saturated carbocycles. The predicted octanol–water partition coefficient (Wildman–Crippen LogP) is 3.19. The Balaban J connectivity index is 1.43. The number of hydrogen-bond acceptors (Lipinski definition) is 4. The predicted molar refractivity (Wildman–Crippen MR) is 93.6 cm³/mol. The highest BCUT2D eigenvalue weighted by atomic mass is 16.5. The summed E-state index contributed by atoms with van der Waals surface area (Å²) in [7, 11) is 1.60.